The second-order valence-corrected chi connectivity index (χ2v) is 3.10. The molecule has 0 radical (unpaired) electrons. The van der Waals surface area contributed by atoms with Crippen LogP contribution in [-0.4, -0.2) is 11.7 Å². The zero-order chi connectivity index (χ0) is 7.61. The van der Waals surface area contributed by atoms with Crippen LogP contribution in [-0.2, 0) is 0 Å². The lowest BCUT2D eigenvalue weighted by Crippen LogP contribution is -2.02. The Hall–Kier alpha value is -0.550. The van der Waals surface area contributed by atoms with Crippen molar-refractivity contribution in [3.63, 3.8) is 0 Å². The van der Waals surface area contributed by atoms with E-state index in [0.717, 1.165) is 19.3 Å². The van der Waals surface area contributed by atoms with Crippen LogP contribution < -0.4 is 0 Å². The number of aliphatic hydroxyl groups excluding tert-OH is 1. The monoisotopic (exact) mass is 139 g/mol. The molecule has 56 valence electrons. The minimum Gasteiger partial charge on any atom is -0.396 e. The lowest BCUT2D eigenvalue weighted by atomic mass is 10.00. The van der Waals surface area contributed by atoms with Gasteiger partial charge >= 0.3 is 0 Å². The molecule has 2 unspecified atom stereocenters. The number of nitriles is 1. The van der Waals surface area contributed by atoms with Crippen molar-refractivity contribution in [2.75, 3.05) is 6.61 Å². The maximum absolute atomic E-state index is 8.75. The standard InChI is InChI=1S/C8H13NO/c1-2-3-8(6-9)4-7(8)5-10/h7,10H,2-5H2,1H3. The lowest BCUT2D eigenvalue weighted by Gasteiger charge is -2.02. The molecule has 1 fully saturated rings. The van der Waals surface area contributed by atoms with E-state index >= 15 is 0 Å². The zero-order valence-electron chi connectivity index (χ0n) is 6.30. The van der Waals surface area contributed by atoms with Crippen molar-refractivity contribution in [2.45, 2.75) is 26.2 Å². The summed E-state index contributed by atoms with van der Waals surface area (Å²) in [5, 5.41) is 17.5. The zero-order valence-corrected chi connectivity index (χ0v) is 6.30. The molecule has 1 N–H and O–H groups in total. The summed E-state index contributed by atoms with van der Waals surface area (Å²) >= 11 is 0. The summed E-state index contributed by atoms with van der Waals surface area (Å²) in [4.78, 5) is 0. The van der Waals surface area contributed by atoms with E-state index in [-0.39, 0.29) is 17.9 Å². The topological polar surface area (TPSA) is 44.0 Å². The van der Waals surface area contributed by atoms with Crippen molar-refractivity contribution in [3.8, 4) is 6.07 Å². The van der Waals surface area contributed by atoms with Gasteiger partial charge < -0.3 is 5.11 Å². The van der Waals surface area contributed by atoms with Crippen LogP contribution in [0.2, 0.25) is 0 Å². The van der Waals surface area contributed by atoms with Crippen molar-refractivity contribution in [3.05, 3.63) is 0 Å². The van der Waals surface area contributed by atoms with Crippen LogP contribution in [0.5, 0.6) is 0 Å². The van der Waals surface area contributed by atoms with Crippen LogP contribution >= 0.6 is 0 Å². The summed E-state index contributed by atoms with van der Waals surface area (Å²) in [5.74, 6) is 0.275. The summed E-state index contributed by atoms with van der Waals surface area (Å²) in [7, 11) is 0. The molecule has 0 aromatic rings. The Bertz CT molecular complexity index is 161. The molecule has 0 aromatic carbocycles. The van der Waals surface area contributed by atoms with E-state index in [1.807, 2.05) is 0 Å². The summed E-state index contributed by atoms with van der Waals surface area (Å²) in [6, 6.07) is 2.29. The van der Waals surface area contributed by atoms with Crippen molar-refractivity contribution in [2.24, 2.45) is 11.3 Å². The highest BCUT2D eigenvalue weighted by Crippen LogP contribution is 2.54. The number of hydrogen-bond acceptors (Lipinski definition) is 2. The largest absolute Gasteiger partial charge is 0.396 e. The first kappa shape index (κ1) is 7.56. The lowest BCUT2D eigenvalue weighted by molar-refractivity contribution is 0.258. The first-order valence-electron chi connectivity index (χ1n) is 3.81. The molecule has 2 nitrogen and oxygen atoms in total. The van der Waals surface area contributed by atoms with Gasteiger partial charge in [0.25, 0.3) is 0 Å². The van der Waals surface area contributed by atoms with E-state index in [1.54, 1.807) is 0 Å². The Labute approximate surface area is 61.5 Å². The number of hydrogen-bond donors (Lipinski definition) is 1. The fourth-order valence-corrected chi connectivity index (χ4v) is 1.57. The molecule has 1 rings (SSSR count). The van der Waals surface area contributed by atoms with E-state index < -0.39 is 0 Å². The SMILES string of the molecule is CCCC1(C#N)CC1CO. The quantitative estimate of drug-likeness (QED) is 0.640. The molecule has 2 heteroatoms. The second kappa shape index (κ2) is 2.59. The average Bonchev–Trinajstić information content (AvgIpc) is 2.65. The molecule has 0 aliphatic heterocycles. The number of aliphatic hydroxyl groups is 1. The Morgan fingerprint density at radius 3 is 2.80 bits per heavy atom. The smallest absolute Gasteiger partial charge is 0.0693 e. The van der Waals surface area contributed by atoms with Crippen molar-refractivity contribution < 1.29 is 5.11 Å². The van der Waals surface area contributed by atoms with Crippen LogP contribution in [0.1, 0.15) is 26.2 Å². The van der Waals surface area contributed by atoms with Crippen LogP contribution in [0.4, 0.5) is 0 Å². The van der Waals surface area contributed by atoms with E-state index in [1.165, 1.54) is 0 Å². The molecule has 0 spiro atoms. The highest BCUT2D eigenvalue weighted by atomic mass is 16.3. The van der Waals surface area contributed by atoms with Gasteiger partial charge in [-0.3, -0.25) is 0 Å². The average molecular weight is 139 g/mol. The van der Waals surface area contributed by atoms with Gasteiger partial charge in [0.05, 0.1) is 11.5 Å². The maximum Gasteiger partial charge on any atom is 0.0693 e. The normalized spacial score (nSPS) is 37.1. The van der Waals surface area contributed by atoms with E-state index in [9.17, 15) is 0 Å². The number of rotatable bonds is 3. The fourth-order valence-electron chi connectivity index (χ4n) is 1.57. The fraction of sp³-hybridized carbons (Fsp3) is 0.875. The van der Waals surface area contributed by atoms with E-state index in [0.29, 0.717) is 0 Å². The predicted octanol–water partition coefficient (Wildman–Crippen LogP) is 1.31. The highest BCUT2D eigenvalue weighted by Gasteiger charge is 2.53. The highest BCUT2D eigenvalue weighted by molar-refractivity contribution is 5.15. The third-order valence-corrected chi connectivity index (χ3v) is 2.37. The van der Waals surface area contributed by atoms with Gasteiger partial charge in [-0.05, 0) is 12.8 Å². The molecule has 0 saturated heterocycles. The molecule has 0 bridgehead atoms. The van der Waals surface area contributed by atoms with Gasteiger partial charge in [0.15, 0.2) is 0 Å². The maximum atomic E-state index is 8.75. The molecule has 1 aliphatic carbocycles. The van der Waals surface area contributed by atoms with Gasteiger partial charge in [-0.1, -0.05) is 13.3 Å². The van der Waals surface area contributed by atoms with E-state index in [4.69, 9.17) is 10.4 Å². The predicted molar refractivity (Wildman–Crippen MR) is 38.1 cm³/mol. The van der Waals surface area contributed by atoms with Gasteiger partial charge in [0, 0.05) is 12.5 Å². The van der Waals surface area contributed by atoms with Gasteiger partial charge in [-0.2, -0.15) is 5.26 Å². The Morgan fingerprint density at radius 1 is 1.80 bits per heavy atom. The minimum atomic E-state index is -0.135. The third kappa shape index (κ3) is 1.02. The molecular weight excluding hydrogens is 126 g/mol. The first-order chi connectivity index (χ1) is 4.79. The summed E-state index contributed by atoms with van der Waals surface area (Å²) in [6.45, 7) is 2.26. The van der Waals surface area contributed by atoms with Crippen molar-refractivity contribution >= 4 is 0 Å². The summed E-state index contributed by atoms with van der Waals surface area (Å²) < 4.78 is 0. The second-order valence-electron chi connectivity index (χ2n) is 3.10. The van der Waals surface area contributed by atoms with Gasteiger partial charge in [0.2, 0.25) is 0 Å². The molecule has 1 aliphatic rings. The Morgan fingerprint density at radius 2 is 2.50 bits per heavy atom. The molecule has 2 atom stereocenters. The summed E-state index contributed by atoms with van der Waals surface area (Å²) in [6.07, 6.45) is 2.91. The minimum absolute atomic E-state index is 0.135. The van der Waals surface area contributed by atoms with Crippen LogP contribution in [0.25, 0.3) is 0 Å². The molecule has 1 saturated carbocycles. The van der Waals surface area contributed by atoms with Crippen LogP contribution in [0.15, 0.2) is 0 Å². The third-order valence-electron chi connectivity index (χ3n) is 2.37. The Kier molecular flexibility index (Phi) is 1.96. The van der Waals surface area contributed by atoms with Gasteiger partial charge in [-0.15, -0.1) is 0 Å². The molecule has 0 heterocycles. The number of nitrogens with zero attached hydrogens (tertiary/aromatic N) is 1. The first-order valence-corrected chi connectivity index (χ1v) is 3.81. The molecule has 10 heavy (non-hydrogen) atoms. The molecular formula is C8H13NO. The van der Waals surface area contributed by atoms with Crippen molar-refractivity contribution in [1.29, 1.82) is 5.26 Å². The Balaban J connectivity index is 2.44. The van der Waals surface area contributed by atoms with Crippen LogP contribution in [0, 0.1) is 22.7 Å². The van der Waals surface area contributed by atoms with Crippen LogP contribution in [0.3, 0.4) is 0 Å². The van der Waals surface area contributed by atoms with Crippen molar-refractivity contribution in [1.82, 2.24) is 0 Å². The molecule has 0 amide bonds. The van der Waals surface area contributed by atoms with Gasteiger partial charge in [-0.25, -0.2) is 0 Å². The van der Waals surface area contributed by atoms with Gasteiger partial charge in [0.1, 0.15) is 0 Å². The summed E-state index contributed by atoms with van der Waals surface area (Å²) in [5.41, 5.74) is -0.135. The van der Waals surface area contributed by atoms with E-state index in [2.05, 4.69) is 13.0 Å². The molecule has 0 aromatic heterocycles.